The van der Waals surface area contributed by atoms with Gasteiger partial charge in [0.1, 0.15) is 0 Å². The molecule has 2 atom stereocenters. The standard InChI is InChI=1S/C12H16ClN3O/c1-7-8(13)3-2-4-10(7)15-12(17)16-11-6-5-9(11)14/h2-4,9,11H,5-6,14H2,1H3,(H2,15,16,17)/t9-,11+/m0/s1. The Morgan fingerprint density at radius 3 is 2.82 bits per heavy atom. The third-order valence-corrected chi connectivity index (χ3v) is 3.57. The molecule has 2 amide bonds. The Kier molecular flexibility index (Phi) is 3.54. The molecular weight excluding hydrogens is 238 g/mol. The molecule has 1 aliphatic rings. The zero-order valence-corrected chi connectivity index (χ0v) is 10.4. The number of urea groups is 1. The van der Waals surface area contributed by atoms with Crippen molar-refractivity contribution in [3.8, 4) is 0 Å². The first-order valence-corrected chi connectivity index (χ1v) is 6.04. The fraction of sp³-hybridized carbons (Fsp3) is 0.417. The van der Waals surface area contributed by atoms with E-state index in [4.69, 9.17) is 17.3 Å². The first-order chi connectivity index (χ1) is 8.08. The van der Waals surface area contributed by atoms with Crippen LogP contribution in [0.1, 0.15) is 18.4 Å². The van der Waals surface area contributed by atoms with Crippen molar-refractivity contribution in [3.63, 3.8) is 0 Å². The lowest BCUT2D eigenvalue weighted by molar-refractivity contribution is 0.232. The largest absolute Gasteiger partial charge is 0.334 e. The van der Waals surface area contributed by atoms with Crippen molar-refractivity contribution in [2.75, 3.05) is 5.32 Å². The van der Waals surface area contributed by atoms with Gasteiger partial charge in [-0.05, 0) is 37.5 Å². The lowest BCUT2D eigenvalue weighted by Gasteiger charge is -2.34. The molecule has 0 aromatic heterocycles. The van der Waals surface area contributed by atoms with Crippen LogP contribution in [0.3, 0.4) is 0 Å². The molecule has 0 aliphatic heterocycles. The highest BCUT2D eigenvalue weighted by Gasteiger charge is 2.28. The van der Waals surface area contributed by atoms with Crippen molar-refractivity contribution in [2.24, 2.45) is 5.73 Å². The second-order valence-electron chi connectivity index (χ2n) is 4.36. The number of halogens is 1. The molecule has 4 N–H and O–H groups in total. The zero-order valence-electron chi connectivity index (χ0n) is 9.66. The minimum Gasteiger partial charge on any atom is -0.334 e. The molecule has 0 radical (unpaired) electrons. The van der Waals surface area contributed by atoms with Crippen molar-refractivity contribution in [2.45, 2.75) is 31.8 Å². The van der Waals surface area contributed by atoms with Crippen LogP contribution < -0.4 is 16.4 Å². The van der Waals surface area contributed by atoms with Crippen molar-refractivity contribution in [3.05, 3.63) is 28.8 Å². The van der Waals surface area contributed by atoms with E-state index in [1.807, 2.05) is 13.0 Å². The van der Waals surface area contributed by atoms with Gasteiger partial charge in [0, 0.05) is 22.8 Å². The second kappa shape index (κ2) is 4.94. The van der Waals surface area contributed by atoms with Crippen LogP contribution in [0, 0.1) is 6.92 Å². The molecule has 0 saturated heterocycles. The number of hydrogen-bond acceptors (Lipinski definition) is 2. The maximum absolute atomic E-state index is 11.7. The summed E-state index contributed by atoms with van der Waals surface area (Å²) in [5.41, 5.74) is 7.34. The molecule has 0 heterocycles. The van der Waals surface area contributed by atoms with Gasteiger partial charge in [0.25, 0.3) is 0 Å². The van der Waals surface area contributed by atoms with Crippen LogP contribution in [-0.4, -0.2) is 18.1 Å². The van der Waals surface area contributed by atoms with Crippen LogP contribution in [0.15, 0.2) is 18.2 Å². The SMILES string of the molecule is Cc1c(Cl)cccc1NC(=O)N[C@@H]1CC[C@@H]1N. The van der Waals surface area contributed by atoms with E-state index < -0.39 is 0 Å². The van der Waals surface area contributed by atoms with Crippen molar-refractivity contribution >= 4 is 23.3 Å². The molecule has 1 saturated carbocycles. The molecule has 1 aromatic rings. The molecular formula is C12H16ClN3O. The normalized spacial score (nSPS) is 22.8. The van der Waals surface area contributed by atoms with Gasteiger partial charge in [-0.2, -0.15) is 0 Å². The molecule has 17 heavy (non-hydrogen) atoms. The van der Waals surface area contributed by atoms with E-state index in [9.17, 15) is 4.79 Å². The average Bonchev–Trinajstić information content (AvgIpc) is 2.30. The fourth-order valence-electron chi connectivity index (χ4n) is 1.77. The predicted octanol–water partition coefficient (Wildman–Crippen LogP) is 2.26. The molecule has 0 bridgehead atoms. The van der Waals surface area contributed by atoms with E-state index in [1.165, 1.54) is 0 Å². The number of rotatable bonds is 2. The van der Waals surface area contributed by atoms with E-state index in [2.05, 4.69) is 10.6 Å². The van der Waals surface area contributed by atoms with Crippen molar-refractivity contribution in [1.29, 1.82) is 0 Å². The quantitative estimate of drug-likeness (QED) is 0.757. The van der Waals surface area contributed by atoms with Gasteiger partial charge in [0.05, 0.1) is 0 Å². The Labute approximate surface area is 106 Å². The molecule has 1 fully saturated rings. The Bertz CT molecular complexity index is 436. The number of amides is 2. The van der Waals surface area contributed by atoms with Crippen molar-refractivity contribution in [1.82, 2.24) is 5.32 Å². The molecule has 2 rings (SSSR count). The Morgan fingerprint density at radius 2 is 2.24 bits per heavy atom. The van der Waals surface area contributed by atoms with Gasteiger partial charge in [-0.3, -0.25) is 0 Å². The van der Waals surface area contributed by atoms with Crippen LogP contribution in [0.5, 0.6) is 0 Å². The summed E-state index contributed by atoms with van der Waals surface area (Å²) in [6.45, 7) is 1.87. The monoisotopic (exact) mass is 253 g/mol. The third-order valence-electron chi connectivity index (χ3n) is 3.16. The van der Waals surface area contributed by atoms with Gasteiger partial charge >= 0.3 is 6.03 Å². The Morgan fingerprint density at radius 1 is 1.47 bits per heavy atom. The molecule has 1 aliphatic carbocycles. The Hall–Kier alpha value is -1.26. The number of anilines is 1. The summed E-state index contributed by atoms with van der Waals surface area (Å²) in [6, 6.07) is 5.37. The van der Waals surface area contributed by atoms with Crippen LogP contribution in [0.2, 0.25) is 5.02 Å². The summed E-state index contributed by atoms with van der Waals surface area (Å²) in [6.07, 6.45) is 1.92. The molecule has 0 spiro atoms. The highest BCUT2D eigenvalue weighted by molar-refractivity contribution is 6.31. The van der Waals surface area contributed by atoms with Gasteiger partial charge < -0.3 is 16.4 Å². The number of nitrogens with one attached hydrogen (secondary N) is 2. The van der Waals surface area contributed by atoms with E-state index in [0.717, 1.165) is 24.1 Å². The molecule has 0 unspecified atom stereocenters. The highest BCUT2D eigenvalue weighted by Crippen LogP contribution is 2.23. The molecule has 4 nitrogen and oxygen atoms in total. The molecule has 5 heteroatoms. The highest BCUT2D eigenvalue weighted by atomic mass is 35.5. The van der Waals surface area contributed by atoms with E-state index >= 15 is 0 Å². The summed E-state index contributed by atoms with van der Waals surface area (Å²) >= 11 is 5.97. The molecule has 1 aromatic carbocycles. The maximum Gasteiger partial charge on any atom is 0.319 e. The first-order valence-electron chi connectivity index (χ1n) is 5.66. The topological polar surface area (TPSA) is 67.2 Å². The van der Waals surface area contributed by atoms with Crippen LogP contribution in [0.25, 0.3) is 0 Å². The number of benzene rings is 1. The minimum atomic E-state index is -0.226. The lowest BCUT2D eigenvalue weighted by Crippen LogP contribution is -2.55. The third kappa shape index (κ3) is 2.70. The summed E-state index contributed by atoms with van der Waals surface area (Å²) < 4.78 is 0. The van der Waals surface area contributed by atoms with Gasteiger partial charge in [0.2, 0.25) is 0 Å². The van der Waals surface area contributed by atoms with E-state index in [1.54, 1.807) is 12.1 Å². The fourth-order valence-corrected chi connectivity index (χ4v) is 1.95. The summed E-state index contributed by atoms with van der Waals surface area (Å²) in [5, 5.41) is 6.27. The lowest BCUT2D eigenvalue weighted by atomic mass is 9.87. The summed E-state index contributed by atoms with van der Waals surface area (Å²) in [4.78, 5) is 11.7. The zero-order chi connectivity index (χ0) is 12.4. The Balaban J connectivity index is 1.96. The van der Waals surface area contributed by atoms with Gasteiger partial charge in [-0.1, -0.05) is 17.7 Å². The number of carbonyl (C=O) groups excluding carboxylic acids is 1. The summed E-state index contributed by atoms with van der Waals surface area (Å²) in [7, 11) is 0. The van der Waals surface area contributed by atoms with Crippen molar-refractivity contribution < 1.29 is 4.79 Å². The van der Waals surface area contributed by atoms with Crippen LogP contribution in [0.4, 0.5) is 10.5 Å². The number of carbonyl (C=O) groups is 1. The van der Waals surface area contributed by atoms with Crippen LogP contribution >= 0.6 is 11.6 Å². The summed E-state index contributed by atoms with van der Waals surface area (Å²) in [5.74, 6) is 0. The van der Waals surface area contributed by atoms with Gasteiger partial charge in [0.15, 0.2) is 0 Å². The molecule has 92 valence electrons. The first kappa shape index (κ1) is 12.2. The predicted molar refractivity (Wildman–Crippen MR) is 69.3 cm³/mol. The van der Waals surface area contributed by atoms with Gasteiger partial charge in [-0.15, -0.1) is 0 Å². The minimum absolute atomic E-state index is 0.0845. The van der Waals surface area contributed by atoms with E-state index in [-0.39, 0.29) is 18.1 Å². The smallest absolute Gasteiger partial charge is 0.319 e. The maximum atomic E-state index is 11.7. The van der Waals surface area contributed by atoms with E-state index in [0.29, 0.717) is 5.02 Å². The van der Waals surface area contributed by atoms with Gasteiger partial charge in [-0.25, -0.2) is 4.79 Å². The average molecular weight is 254 g/mol. The number of nitrogens with two attached hydrogens (primary N) is 1. The second-order valence-corrected chi connectivity index (χ2v) is 4.77. The number of hydrogen-bond donors (Lipinski definition) is 3. The van der Waals surface area contributed by atoms with Crippen LogP contribution in [-0.2, 0) is 0 Å².